The maximum absolute atomic E-state index is 5.99. The number of nitrogens with zero attached hydrogens (tertiary/aromatic N) is 1. The fourth-order valence-electron chi connectivity index (χ4n) is 3.27. The Morgan fingerprint density at radius 3 is 2.95 bits per heavy atom. The summed E-state index contributed by atoms with van der Waals surface area (Å²) >= 11 is 0. The van der Waals surface area contributed by atoms with E-state index in [-0.39, 0.29) is 0 Å². The molecule has 0 bridgehead atoms. The highest BCUT2D eigenvalue weighted by Crippen LogP contribution is 2.33. The van der Waals surface area contributed by atoms with Crippen molar-refractivity contribution in [2.24, 2.45) is 5.92 Å². The summed E-state index contributed by atoms with van der Waals surface area (Å²) < 4.78 is 11.0. The van der Waals surface area contributed by atoms with Crippen LogP contribution in [0.3, 0.4) is 0 Å². The molecule has 2 aliphatic heterocycles. The molecule has 0 aliphatic carbocycles. The Kier molecular flexibility index (Phi) is 3.37. The van der Waals surface area contributed by atoms with E-state index in [1.165, 1.54) is 12.0 Å². The Morgan fingerprint density at radius 1 is 1.37 bits per heavy atom. The number of likely N-dealkylation sites (tertiary alicyclic amines) is 1. The van der Waals surface area contributed by atoms with Crippen molar-refractivity contribution in [2.75, 3.05) is 19.1 Å². The lowest BCUT2D eigenvalue weighted by Gasteiger charge is -2.26. The van der Waals surface area contributed by atoms with Gasteiger partial charge in [0.25, 0.3) is 0 Å². The van der Waals surface area contributed by atoms with Crippen LogP contribution in [0.4, 0.5) is 5.69 Å². The maximum atomic E-state index is 5.99. The van der Waals surface area contributed by atoms with Crippen LogP contribution in [-0.2, 0) is 17.9 Å². The summed E-state index contributed by atoms with van der Waals surface area (Å²) in [7, 11) is 0. The molecule has 0 radical (unpaired) electrons. The highest BCUT2D eigenvalue weighted by molar-refractivity contribution is 5.53. The van der Waals surface area contributed by atoms with Gasteiger partial charge in [0.15, 0.2) is 6.79 Å². The Balaban J connectivity index is 1.86. The molecule has 104 valence electrons. The first-order valence-electron chi connectivity index (χ1n) is 6.99. The zero-order chi connectivity index (χ0) is 13.4. The van der Waals surface area contributed by atoms with Gasteiger partial charge in [-0.05, 0) is 31.4 Å². The molecule has 0 spiro atoms. The van der Waals surface area contributed by atoms with E-state index < -0.39 is 0 Å². The average Bonchev–Trinajstić information content (AvgIpc) is 2.67. The summed E-state index contributed by atoms with van der Waals surface area (Å²) in [5.41, 5.74) is 9.05. The second-order valence-electron chi connectivity index (χ2n) is 5.90. The first-order chi connectivity index (χ1) is 9.13. The summed E-state index contributed by atoms with van der Waals surface area (Å²) in [4.78, 5) is 2.51. The van der Waals surface area contributed by atoms with Crippen LogP contribution in [0.1, 0.15) is 31.4 Å². The van der Waals surface area contributed by atoms with Crippen molar-refractivity contribution in [3.8, 4) is 5.75 Å². The van der Waals surface area contributed by atoms with Gasteiger partial charge < -0.3 is 15.2 Å². The SMILES string of the molecule is CC1CC(C)N(Cc2cc(N)cc3c2OCOC3)C1. The number of anilines is 1. The van der Waals surface area contributed by atoms with E-state index in [0.29, 0.717) is 19.4 Å². The molecule has 0 amide bonds. The van der Waals surface area contributed by atoms with E-state index in [1.54, 1.807) is 0 Å². The largest absolute Gasteiger partial charge is 0.467 e. The van der Waals surface area contributed by atoms with E-state index >= 15 is 0 Å². The minimum absolute atomic E-state index is 0.343. The molecule has 1 aromatic carbocycles. The van der Waals surface area contributed by atoms with E-state index in [0.717, 1.165) is 36.0 Å². The minimum atomic E-state index is 0.343. The van der Waals surface area contributed by atoms with Crippen molar-refractivity contribution in [3.05, 3.63) is 23.3 Å². The molecular formula is C15H22N2O2. The number of hydrogen-bond acceptors (Lipinski definition) is 4. The van der Waals surface area contributed by atoms with Crippen LogP contribution in [0, 0.1) is 5.92 Å². The molecule has 0 aromatic heterocycles. The maximum Gasteiger partial charge on any atom is 0.189 e. The number of fused-ring (bicyclic) bond motifs is 1. The highest BCUT2D eigenvalue weighted by atomic mass is 16.7. The van der Waals surface area contributed by atoms with Crippen LogP contribution in [0.5, 0.6) is 5.75 Å². The van der Waals surface area contributed by atoms with Gasteiger partial charge in [0.2, 0.25) is 0 Å². The van der Waals surface area contributed by atoms with Crippen molar-refractivity contribution in [1.82, 2.24) is 4.90 Å². The third-order valence-electron chi connectivity index (χ3n) is 4.10. The summed E-state index contributed by atoms with van der Waals surface area (Å²) in [6.45, 7) is 7.62. The minimum Gasteiger partial charge on any atom is -0.467 e. The van der Waals surface area contributed by atoms with Crippen molar-refractivity contribution in [2.45, 2.75) is 39.5 Å². The van der Waals surface area contributed by atoms with E-state index in [2.05, 4.69) is 18.7 Å². The van der Waals surface area contributed by atoms with Crippen molar-refractivity contribution in [1.29, 1.82) is 0 Å². The van der Waals surface area contributed by atoms with Gasteiger partial charge in [-0.3, -0.25) is 4.90 Å². The first-order valence-corrected chi connectivity index (χ1v) is 6.99. The first kappa shape index (κ1) is 12.8. The van der Waals surface area contributed by atoms with Gasteiger partial charge in [-0.15, -0.1) is 0 Å². The van der Waals surface area contributed by atoms with Crippen LogP contribution in [0.15, 0.2) is 12.1 Å². The van der Waals surface area contributed by atoms with E-state index in [9.17, 15) is 0 Å². The van der Waals surface area contributed by atoms with Crippen molar-refractivity contribution < 1.29 is 9.47 Å². The lowest BCUT2D eigenvalue weighted by Crippen LogP contribution is -2.27. The van der Waals surface area contributed by atoms with Gasteiger partial charge in [-0.25, -0.2) is 0 Å². The molecule has 1 saturated heterocycles. The fraction of sp³-hybridized carbons (Fsp3) is 0.600. The molecule has 1 fully saturated rings. The molecule has 3 rings (SSSR count). The Bertz CT molecular complexity index is 475. The Hall–Kier alpha value is -1.26. The van der Waals surface area contributed by atoms with Crippen LogP contribution in [-0.4, -0.2) is 24.3 Å². The Morgan fingerprint density at radius 2 is 2.21 bits per heavy atom. The predicted octanol–water partition coefficient (Wildman–Crippen LogP) is 2.37. The molecule has 2 unspecified atom stereocenters. The van der Waals surface area contributed by atoms with E-state index in [4.69, 9.17) is 15.2 Å². The molecule has 2 atom stereocenters. The zero-order valence-corrected chi connectivity index (χ0v) is 11.7. The molecule has 2 aliphatic rings. The second kappa shape index (κ2) is 5.02. The quantitative estimate of drug-likeness (QED) is 0.831. The third-order valence-corrected chi connectivity index (χ3v) is 4.10. The molecule has 2 N–H and O–H groups in total. The van der Waals surface area contributed by atoms with Crippen LogP contribution < -0.4 is 10.5 Å². The summed E-state index contributed by atoms with van der Waals surface area (Å²) in [5.74, 6) is 1.75. The van der Waals surface area contributed by atoms with Crippen LogP contribution in [0.2, 0.25) is 0 Å². The lowest BCUT2D eigenvalue weighted by molar-refractivity contribution is -0.0174. The Labute approximate surface area is 114 Å². The van der Waals surface area contributed by atoms with E-state index in [1.807, 2.05) is 12.1 Å². The molecule has 1 aromatic rings. The smallest absolute Gasteiger partial charge is 0.189 e. The second-order valence-corrected chi connectivity index (χ2v) is 5.90. The number of hydrogen-bond donors (Lipinski definition) is 1. The molecule has 19 heavy (non-hydrogen) atoms. The normalized spacial score (nSPS) is 27.1. The standard InChI is InChI=1S/C15H22N2O2/c1-10-3-11(2)17(6-10)7-12-4-14(16)5-13-8-18-9-19-15(12)13/h4-5,10-11H,3,6-9,16H2,1-2H3. The van der Waals surface area contributed by atoms with Gasteiger partial charge in [-0.2, -0.15) is 0 Å². The number of ether oxygens (including phenoxy) is 2. The number of nitrogen functional groups attached to an aromatic ring is 1. The van der Waals surface area contributed by atoms with Gasteiger partial charge in [0.1, 0.15) is 5.75 Å². The van der Waals surface area contributed by atoms with Crippen molar-refractivity contribution in [3.63, 3.8) is 0 Å². The van der Waals surface area contributed by atoms with Crippen LogP contribution >= 0.6 is 0 Å². The summed E-state index contributed by atoms with van der Waals surface area (Å²) in [5, 5.41) is 0. The highest BCUT2D eigenvalue weighted by Gasteiger charge is 2.27. The average molecular weight is 262 g/mol. The molecule has 4 nitrogen and oxygen atoms in total. The molecule has 4 heteroatoms. The van der Waals surface area contributed by atoms with Gasteiger partial charge >= 0.3 is 0 Å². The topological polar surface area (TPSA) is 47.7 Å². The summed E-state index contributed by atoms with van der Waals surface area (Å²) in [6.07, 6.45) is 1.27. The number of benzene rings is 1. The lowest BCUT2D eigenvalue weighted by atomic mass is 10.1. The predicted molar refractivity (Wildman–Crippen MR) is 74.8 cm³/mol. The van der Waals surface area contributed by atoms with Gasteiger partial charge in [-0.1, -0.05) is 6.92 Å². The van der Waals surface area contributed by atoms with Crippen molar-refractivity contribution >= 4 is 5.69 Å². The number of nitrogens with two attached hydrogens (primary N) is 1. The monoisotopic (exact) mass is 262 g/mol. The zero-order valence-electron chi connectivity index (χ0n) is 11.7. The molecular weight excluding hydrogens is 240 g/mol. The summed E-state index contributed by atoms with van der Waals surface area (Å²) in [6, 6.07) is 4.63. The number of rotatable bonds is 2. The fourth-order valence-corrected chi connectivity index (χ4v) is 3.27. The molecule has 2 heterocycles. The molecule has 0 saturated carbocycles. The van der Waals surface area contributed by atoms with Gasteiger partial charge in [0, 0.05) is 35.9 Å². The van der Waals surface area contributed by atoms with Crippen LogP contribution in [0.25, 0.3) is 0 Å². The third kappa shape index (κ3) is 2.55. The van der Waals surface area contributed by atoms with Gasteiger partial charge in [0.05, 0.1) is 6.61 Å².